The Morgan fingerprint density at radius 1 is 0.478 bits per heavy atom. The molecule has 0 aliphatic carbocycles. The predicted molar refractivity (Wildman–Crippen MR) is 137 cm³/mol. The van der Waals surface area contributed by atoms with E-state index in [2.05, 4.69) is 0 Å². The first kappa shape index (κ1) is 48.7. The van der Waals surface area contributed by atoms with Crippen molar-refractivity contribution in [3.63, 3.8) is 0 Å². The van der Waals surface area contributed by atoms with Crippen LogP contribution in [0.5, 0.6) is 0 Å². The van der Waals surface area contributed by atoms with E-state index in [9.17, 15) is 38.4 Å². The van der Waals surface area contributed by atoms with E-state index in [1.165, 1.54) is 0 Å². The van der Waals surface area contributed by atoms with Crippen LogP contribution in [0.1, 0.15) is 25.7 Å². The van der Waals surface area contributed by atoms with Gasteiger partial charge < -0.3 is 91.3 Å². The molecule has 0 aromatic heterocycles. The Kier molecular flexibility index (Phi) is 25.4. The average Bonchev–Trinajstić information content (AvgIpc) is 2.93. The van der Waals surface area contributed by atoms with Crippen molar-refractivity contribution in [3.05, 3.63) is 0 Å². The summed E-state index contributed by atoms with van der Waals surface area (Å²) >= 11 is 0. The van der Waals surface area contributed by atoms with Gasteiger partial charge in [0.15, 0.2) is 23.8 Å². The standard InChI is InChI=1S/2C6H8O7.2C5H10O5/c2*7-3(8)1-6(13,5(11)12)2-4(9)10;2*6-1-3(8)5(10)4(9)2-7/h2*13H,1-2H2,(H,7,8)(H,9,10)(H,11,12);2*1,3-5,7-10H,2H2/t;;2*3-,4+,5+/m..00/s1. The van der Waals surface area contributed by atoms with Gasteiger partial charge in [-0.15, -0.1) is 0 Å². The quantitative estimate of drug-likeness (QED) is 0.0596. The topological polar surface area (TPSA) is 460 Å². The van der Waals surface area contributed by atoms with Gasteiger partial charge in [-0.2, -0.15) is 0 Å². The summed E-state index contributed by atoms with van der Waals surface area (Å²) in [5.74, 6) is -10.0. The number of aliphatic hydroxyl groups is 10. The lowest BCUT2D eigenvalue weighted by atomic mass is 9.96. The number of carboxylic acids is 6. The number of carbonyl (C=O) groups is 8. The van der Waals surface area contributed by atoms with Crippen LogP contribution < -0.4 is 0 Å². The molecule has 268 valence electrons. The number of hydrogen-bond donors (Lipinski definition) is 16. The SMILES string of the molecule is O=C(O)CC(O)(CC(=O)O)C(=O)O.O=C(O)CC(O)(CC(=O)O)C(=O)O.O=C[C@H](O)[C@@H](O)[C@H](O)CO.O=C[C@H](O)[C@@H](O)[C@H](O)CO. The zero-order chi connectivity index (χ0) is 37.6. The van der Waals surface area contributed by atoms with Crippen LogP contribution >= 0.6 is 0 Å². The summed E-state index contributed by atoms with van der Waals surface area (Å²) in [7, 11) is 0. The number of aldehydes is 2. The molecule has 0 amide bonds. The molecule has 0 aliphatic rings. The predicted octanol–water partition coefficient (Wildman–Crippen LogP) is -7.98. The van der Waals surface area contributed by atoms with Crippen LogP contribution in [0.2, 0.25) is 0 Å². The maximum absolute atomic E-state index is 10.3. The van der Waals surface area contributed by atoms with Crippen LogP contribution in [0.25, 0.3) is 0 Å². The maximum Gasteiger partial charge on any atom is 0.336 e. The highest BCUT2D eigenvalue weighted by molar-refractivity contribution is 5.88. The normalized spacial score (nSPS) is 14.7. The molecule has 16 N–H and O–H groups in total. The third kappa shape index (κ3) is 22.3. The van der Waals surface area contributed by atoms with Crippen molar-refractivity contribution in [2.75, 3.05) is 13.2 Å². The molecule has 0 unspecified atom stereocenters. The molecule has 0 saturated heterocycles. The Labute approximate surface area is 255 Å². The van der Waals surface area contributed by atoms with Crippen LogP contribution in [0.4, 0.5) is 0 Å². The lowest BCUT2D eigenvalue weighted by Crippen LogP contribution is -2.42. The fourth-order valence-electron chi connectivity index (χ4n) is 2.26. The largest absolute Gasteiger partial charge is 0.481 e. The van der Waals surface area contributed by atoms with Crippen LogP contribution in [0, 0.1) is 0 Å². The van der Waals surface area contributed by atoms with Gasteiger partial charge >= 0.3 is 35.8 Å². The highest BCUT2D eigenvalue weighted by Crippen LogP contribution is 2.16. The molecule has 0 spiro atoms. The van der Waals surface area contributed by atoms with Crippen molar-refractivity contribution in [2.45, 2.75) is 73.5 Å². The molecular weight excluding hydrogens is 648 g/mol. The first-order valence-corrected chi connectivity index (χ1v) is 11.8. The number of aliphatic hydroxyl groups excluding tert-OH is 8. The summed E-state index contributed by atoms with van der Waals surface area (Å²) in [6.45, 7) is -1.38. The van der Waals surface area contributed by atoms with Gasteiger partial charge in [-0.3, -0.25) is 19.2 Å². The summed E-state index contributed by atoms with van der Waals surface area (Å²) in [5, 5.41) is 136. The summed E-state index contributed by atoms with van der Waals surface area (Å²) in [5.41, 5.74) is -5.48. The second-order valence-electron chi connectivity index (χ2n) is 8.69. The summed E-state index contributed by atoms with van der Waals surface area (Å²) < 4.78 is 0. The van der Waals surface area contributed by atoms with Gasteiger partial charge in [0.25, 0.3) is 0 Å². The van der Waals surface area contributed by atoms with Gasteiger partial charge in [0.2, 0.25) is 0 Å². The van der Waals surface area contributed by atoms with Crippen LogP contribution in [0.3, 0.4) is 0 Å². The van der Waals surface area contributed by atoms with E-state index >= 15 is 0 Å². The number of hydrogen-bond acceptors (Lipinski definition) is 18. The van der Waals surface area contributed by atoms with Crippen LogP contribution in [0.15, 0.2) is 0 Å². The van der Waals surface area contributed by atoms with E-state index in [1.807, 2.05) is 0 Å². The van der Waals surface area contributed by atoms with E-state index in [-0.39, 0.29) is 12.6 Å². The maximum atomic E-state index is 10.3. The second-order valence-corrected chi connectivity index (χ2v) is 8.69. The Bertz CT molecular complexity index is 884. The van der Waals surface area contributed by atoms with E-state index in [0.717, 1.165) is 0 Å². The monoisotopic (exact) mass is 684 g/mol. The Morgan fingerprint density at radius 2 is 0.674 bits per heavy atom. The van der Waals surface area contributed by atoms with Gasteiger partial charge in [-0.05, 0) is 0 Å². The summed E-state index contributed by atoms with van der Waals surface area (Å²) in [4.78, 5) is 80.5. The highest BCUT2D eigenvalue weighted by Gasteiger charge is 2.41. The van der Waals surface area contributed by atoms with Gasteiger partial charge in [0.05, 0.1) is 38.9 Å². The van der Waals surface area contributed by atoms with Crippen molar-refractivity contribution < 1.29 is 120 Å². The summed E-state index contributed by atoms with van der Waals surface area (Å²) in [6, 6.07) is 0. The molecule has 0 fully saturated rings. The third-order valence-corrected chi connectivity index (χ3v) is 4.71. The lowest BCUT2D eigenvalue weighted by Gasteiger charge is -2.18. The van der Waals surface area contributed by atoms with Crippen LogP contribution in [-0.4, -0.2) is 191 Å². The molecule has 24 heteroatoms. The fraction of sp³-hybridized carbons (Fsp3) is 0.636. The van der Waals surface area contributed by atoms with E-state index in [1.54, 1.807) is 0 Å². The molecule has 6 atom stereocenters. The fourth-order valence-corrected chi connectivity index (χ4v) is 2.26. The molecule has 0 aromatic rings. The van der Waals surface area contributed by atoms with Gasteiger partial charge in [0, 0.05) is 0 Å². The van der Waals surface area contributed by atoms with Crippen molar-refractivity contribution in [1.82, 2.24) is 0 Å². The molecule has 0 heterocycles. The zero-order valence-electron chi connectivity index (χ0n) is 23.3. The number of carbonyl (C=O) groups excluding carboxylic acids is 2. The van der Waals surface area contributed by atoms with Crippen molar-refractivity contribution >= 4 is 48.4 Å². The first-order valence-electron chi connectivity index (χ1n) is 11.8. The molecule has 24 nitrogen and oxygen atoms in total. The minimum Gasteiger partial charge on any atom is -0.481 e. The first-order chi connectivity index (χ1) is 20.8. The minimum absolute atomic E-state index is 0.0869. The number of carboxylic acid groups (broad SMARTS) is 6. The van der Waals surface area contributed by atoms with Crippen molar-refractivity contribution in [2.24, 2.45) is 0 Å². The molecule has 0 aromatic carbocycles. The Balaban J connectivity index is -0.000000258. The number of rotatable bonds is 18. The summed E-state index contributed by atoms with van der Waals surface area (Å²) in [6.07, 6.45) is -13.8. The number of aliphatic carboxylic acids is 6. The van der Waals surface area contributed by atoms with E-state index in [4.69, 9.17) is 81.7 Å². The Hall–Kier alpha value is -4.24. The van der Waals surface area contributed by atoms with Crippen LogP contribution in [-0.2, 0) is 38.4 Å². The molecule has 0 aliphatic heterocycles. The molecule has 0 rings (SSSR count). The van der Waals surface area contributed by atoms with E-state index < -0.39 is 123 Å². The Morgan fingerprint density at radius 3 is 0.783 bits per heavy atom. The second kappa shape index (κ2) is 24.1. The highest BCUT2D eigenvalue weighted by atomic mass is 16.4. The molecule has 46 heavy (non-hydrogen) atoms. The van der Waals surface area contributed by atoms with Gasteiger partial charge in [-0.25, -0.2) is 9.59 Å². The minimum atomic E-state index is -2.74. The van der Waals surface area contributed by atoms with Gasteiger partial charge in [-0.1, -0.05) is 0 Å². The zero-order valence-corrected chi connectivity index (χ0v) is 23.3. The van der Waals surface area contributed by atoms with E-state index in [0.29, 0.717) is 0 Å². The van der Waals surface area contributed by atoms with Crippen molar-refractivity contribution in [1.29, 1.82) is 0 Å². The van der Waals surface area contributed by atoms with Crippen molar-refractivity contribution in [3.8, 4) is 0 Å². The molecule has 0 saturated carbocycles. The molecular formula is C22H36O24. The van der Waals surface area contributed by atoms with Gasteiger partial charge in [0.1, 0.15) is 36.6 Å². The molecule has 0 bridgehead atoms. The smallest absolute Gasteiger partial charge is 0.336 e. The molecule has 0 radical (unpaired) electrons. The average molecular weight is 685 g/mol. The lowest BCUT2D eigenvalue weighted by molar-refractivity contribution is -0.170. The third-order valence-electron chi connectivity index (χ3n) is 4.71.